The second kappa shape index (κ2) is 6.69. The molecule has 3 heterocycles. The Morgan fingerprint density at radius 2 is 0.912 bits per heavy atom. The van der Waals surface area contributed by atoms with Crippen molar-refractivity contribution >= 4 is 74.4 Å². The zero-order chi connectivity index (χ0) is 22.4. The first-order chi connectivity index (χ1) is 16.8. The average molecular weight is 470 g/mol. The lowest BCUT2D eigenvalue weighted by Gasteiger charge is -2.22. The molecule has 1 nitrogen and oxygen atoms in total. The first-order valence-electron chi connectivity index (χ1n) is 11.5. The van der Waals surface area contributed by atoms with Gasteiger partial charge in [-0.15, -0.1) is 22.7 Å². The minimum absolute atomic E-state index is 1.27. The van der Waals surface area contributed by atoms with Crippen LogP contribution in [0.3, 0.4) is 0 Å². The van der Waals surface area contributed by atoms with Gasteiger partial charge in [-0.2, -0.15) is 0 Å². The highest BCUT2D eigenvalue weighted by molar-refractivity contribution is 7.27. The second-order valence-corrected chi connectivity index (χ2v) is 11.1. The quantitative estimate of drug-likeness (QED) is 0.214. The van der Waals surface area contributed by atoms with Gasteiger partial charge in [0.25, 0.3) is 0 Å². The van der Waals surface area contributed by atoms with Crippen molar-refractivity contribution in [1.82, 2.24) is 0 Å². The van der Waals surface area contributed by atoms with E-state index in [0.29, 0.717) is 0 Å². The molecule has 0 saturated heterocycles. The molecule has 34 heavy (non-hydrogen) atoms. The summed E-state index contributed by atoms with van der Waals surface area (Å²) in [6.45, 7) is 0. The van der Waals surface area contributed by atoms with E-state index in [-0.39, 0.29) is 0 Å². The van der Waals surface area contributed by atoms with Crippen molar-refractivity contribution < 1.29 is 0 Å². The van der Waals surface area contributed by atoms with Gasteiger partial charge in [-0.1, -0.05) is 72.8 Å². The summed E-state index contributed by atoms with van der Waals surface area (Å²) in [5, 5.41) is 5.39. The third kappa shape index (κ3) is 2.33. The van der Waals surface area contributed by atoms with Crippen molar-refractivity contribution in [3.8, 4) is 22.3 Å². The van der Waals surface area contributed by atoms with Crippen molar-refractivity contribution in [3.63, 3.8) is 0 Å². The van der Waals surface area contributed by atoms with Crippen LogP contribution in [-0.2, 0) is 0 Å². The third-order valence-electron chi connectivity index (χ3n) is 7.24. The number of benzene rings is 5. The zero-order valence-corrected chi connectivity index (χ0v) is 20.1. The van der Waals surface area contributed by atoms with Crippen LogP contribution in [0.25, 0.3) is 62.6 Å². The van der Waals surface area contributed by atoms with Gasteiger partial charge in [0.1, 0.15) is 0 Å². The first-order valence-corrected chi connectivity index (χ1v) is 13.1. The summed E-state index contributed by atoms with van der Waals surface area (Å²) in [5.41, 5.74) is 7.89. The van der Waals surface area contributed by atoms with Crippen LogP contribution in [0.5, 0.6) is 0 Å². The van der Waals surface area contributed by atoms with E-state index in [4.69, 9.17) is 0 Å². The molecule has 1 aliphatic rings. The lowest BCUT2D eigenvalue weighted by molar-refractivity contribution is 1.23. The van der Waals surface area contributed by atoms with Gasteiger partial charge in [-0.3, -0.25) is 0 Å². The van der Waals surface area contributed by atoms with Gasteiger partial charge in [-0.05, 0) is 35.4 Å². The summed E-state index contributed by atoms with van der Waals surface area (Å²) in [4.78, 5) is 2.40. The Morgan fingerprint density at radius 3 is 1.41 bits per heavy atom. The maximum atomic E-state index is 2.40. The molecule has 0 fully saturated rings. The Kier molecular flexibility index (Phi) is 3.69. The standard InChI is InChI=1S/C31H19NS2/c1-32-24-16-14-22-18-8-4-6-12-26(18)33-30(22)28(24)20-10-2-3-11-21(20)29-25(32)17-15-23-19-9-5-7-13-27(19)34-31(23)29/h2-17H,1H3. The topological polar surface area (TPSA) is 3.24 Å². The molecule has 5 aromatic carbocycles. The molecule has 1 aliphatic heterocycles. The van der Waals surface area contributed by atoms with Gasteiger partial charge in [0.2, 0.25) is 0 Å². The molecule has 0 saturated carbocycles. The molecule has 0 aliphatic carbocycles. The Hall–Kier alpha value is -3.66. The van der Waals surface area contributed by atoms with Crippen LogP contribution in [0.1, 0.15) is 0 Å². The average Bonchev–Trinajstić information content (AvgIpc) is 3.42. The van der Waals surface area contributed by atoms with Gasteiger partial charge in [0.15, 0.2) is 0 Å². The van der Waals surface area contributed by atoms with Crippen molar-refractivity contribution in [2.45, 2.75) is 0 Å². The van der Waals surface area contributed by atoms with E-state index in [9.17, 15) is 0 Å². The van der Waals surface area contributed by atoms with E-state index >= 15 is 0 Å². The first kappa shape index (κ1) is 18.7. The van der Waals surface area contributed by atoms with E-state index in [0.717, 1.165) is 0 Å². The van der Waals surface area contributed by atoms with Crippen molar-refractivity contribution in [3.05, 3.63) is 97.1 Å². The fraction of sp³-hybridized carbons (Fsp3) is 0.0323. The lowest BCUT2D eigenvalue weighted by Crippen LogP contribution is -2.10. The Balaban J connectivity index is 1.57. The molecule has 8 rings (SSSR count). The van der Waals surface area contributed by atoms with E-state index in [1.165, 1.54) is 74.0 Å². The normalized spacial score (nSPS) is 12.8. The summed E-state index contributed by atoms with van der Waals surface area (Å²) in [7, 11) is 2.22. The number of thiophene rings is 2. The lowest BCUT2D eigenvalue weighted by atomic mass is 9.93. The van der Waals surface area contributed by atoms with Crippen LogP contribution >= 0.6 is 22.7 Å². The Bertz CT molecular complexity index is 1800. The smallest absolute Gasteiger partial charge is 0.0502 e. The SMILES string of the molecule is CN1c2ccc3c(sc4ccccc43)c2-c2ccccc2-c2c1ccc1c2sc2ccccc21. The summed E-state index contributed by atoms with van der Waals surface area (Å²) in [6.07, 6.45) is 0. The molecular formula is C31H19NS2. The predicted octanol–water partition coefficient (Wildman–Crippen LogP) is 9.84. The molecule has 0 N–H and O–H groups in total. The molecule has 0 amide bonds. The maximum absolute atomic E-state index is 2.40. The second-order valence-electron chi connectivity index (χ2n) is 8.97. The minimum atomic E-state index is 1.27. The highest BCUT2D eigenvalue weighted by Crippen LogP contribution is 2.55. The van der Waals surface area contributed by atoms with Crippen molar-refractivity contribution in [2.75, 3.05) is 11.9 Å². The largest absolute Gasteiger partial charge is 0.344 e. The number of fused-ring (bicyclic) bond motifs is 13. The van der Waals surface area contributed by atoms with Crippen LogP contribution in [0.2, 0.25) is 0 Å². The molecule has 2 aromatic heterocycles. The molecule has 0 bridgehead atoms. The van der Waals surface area contributed by atoms with E-state index < -0.39 is 0 Å². The van der Waals surface area contributed by atoms with Crippen LogP contribution < -0.4 is 4.90 Å². The molecule has 3 heteroatoms. The van der Waals surface area contributed by atoms with Gasteiger partial charge >= 0.3 is 0 Å². The zero-order valence-electron chi connectivity index (χ0n) is 18.5. The van der Waals surface area contributed by atoms with E-state index in [1.807, 2.05) is 22.7 Å². The Morgan fingerprint density at radius 1 is 0.471 bits per heavy atom. The van der Waals surface area contributed by atoms with E-state index in [1.54, 1.807) is 0 Å². The molecule has 0 spiro atoms. The predicted molar refractivity (Wildman–Crippen MR) is 151 cm³/mol. The summed E-state index contributed by atoms with van der Waals surface area (Å²) in [5.74, 6) is 0. The molecular weight excluding hydrogens is 450 g/mol. The van der Waals surface area contributed by atoms with Crippen LogP contribution in [0, 0.1) is 0 Å². The van der Waals surface area contributed by atoms with Crippen LogP contribution in [-0.4, -0.2) is 7.05 Å². The van der Waals surface area contributed by atoms with E-state index in [2.05, 4.69) is 109 Å². The van der Waals surface area contributed by atoms with Gasteiger partial charge < -0.3 is 4.90 Å². The number of hydrogen-bond acceptors (Lipinski definition) is 3. The van der Waals surface area contributed by atoms with Gasteiger partial charge in [-0.25, -0.2) is 0 Å². The highest BCUT2D eigenvalue weighted by atomic mass is 32.1. The minimum Gasteiger partial charge on any atom is -0.344 e. The summed E-state index contributed by atoms with van der Waals surface area (Å²) >= 11 is 3.83. The molecule has 0 radical (unpaired) electrons. The Labute approximate surface area is 205 Å². The molecule has 0 unspecified atom stereocenters. The van der Waals surface area contributed by atoms with Crippen LogP contribution in [0.15, 0.2) is 97.1 Å². The monoisotopic (exact) mass is 469 g/mol. The summed E-state index contributed by atoms with van der Waals surface area (Å²) in [6, 6.07) is 35.8. The summed E-state index contributed by atoms with van der Waals surface area (Å²) < 4.78 is 5.44. The van der Waals surface area contributed by atoms with Gasteiger partial charge in [0.05, 0.1) is 11.4 Å². The van der Waals surface area contributed by atoms with Crippen molar-refractivity contribution in [2.24, 2.45) is 0 Å². The molecule has 7 aromatic rings. The fourth-order valence-electron chi connectivity index (χ4n) is 5.69. The number of hydrogen-bond donors (Lipinski definition) is 0. The molecule has 160 valence electrons. The van der Waals surface area contributed by atoms with Gasteiger partial charge in [0, 0.05) is 58.5 Å². The molecule has 0 atom stereocenters. The number of anilines is 2. The number of nitrogens with zero attached hydrogens (tertiary/aromatic N) is 1. The fourth-order valence-corrected chi connectivity index (χ4v) is 8.20. The van der Waals surface area contributed by atoms with Crippen LogP contribution in [0.4, 0.5) is 11.4 Å². The number of rotatable bonds is 0. The van der Waals surface area contributed by atoms with Crippen molar-refractivity contribution in [1.29, 1.82) is 0 Å². The highest BCUT2D eigenvalue weighted by Gasteiger charge is 2.27. The third-order valence-corrected chi connectivity index (χ3v) is 9.65. The maximum Gasteiger partial charge on any atom is 0.0502 e.